The largest absolute Gasteiger partial charge is 0.491 e. The second-order valence-corrected chi connectivity index (χ2v) is 7.50. The molecular weight excluding hydrogens is 400 g/mol. The van der Waals surface area contributed by atoms with Crippen molar-refractivity contribution in [2.24, 2.45) is 0 Å². The molecule has 172 valence electrons. The van der Waals surface area contributed by atoms with Crippen molar-refractivity contribution in [2.75, 3.05) is 60.8 Å². The maximum atomic E-state index is 13.3. The van der Waals surface area contributed by atoms with Crippen LogP contribution in [0.15, 0.2) is 30.0 Å². The SMILES string of the molecule is COCCCN1C(=O)C(c2ccc(OC(C)C)cc2)=C(N(CCOC)CCOC)C1=O. The van der Waals surface area contributed by atoms with Gasteiger partial charge >= 0.3 is 0 Å². The van der Waals surface area contributed by atoms with Crippen molar-refractivity contribution in [3.05, 3.63) is 35.5 Å². The van der Waals surface area contributed by atoms with Crippen molar-refractivity contribution >= 4 is 17.4 Å². The quantitative estimate of drug-likeness (QED) is 0.328. The fourth-order valence-electron chi connectivity index (χ4n) is 3.40. The second kappa shape index (κ2) is 12.4. The van der Waals surface area contributed by atoms with Crippen LogP contribution in [0.3, 0.4) is 0 Å². The molecule has 0 aromatic heterocycles. The Bertz CT molecular complexity index is 752. The highest BCUT2D eigenvalue weighted by Gasteiger charge is 2.41. The number of nitrogens with zero attached hydrogens (tertiary/aromatic N) is 2. The third-order valence-corrected chi connectivity index (χ3v) is 4.84. The molecule has 0 fully saturated rings. The van der Waals surface area contributed by atoms with Gasteiger partial charge in [0.2, 0.25) is 0 Å². The Kier molecular flexibility index (Phi) is 9.97. The summed E-state index contributed by atoms with van der Waals surface area (Å²) < 4.78 is 21.3. The average molecular weight is 435 g/mol. The number of ether oxygens (including phenoxy) is 4. The molecule has 0 radical (unpaired) electrons. The van der Waals surface area contributed by atoms with Gasteiger partial charge in [0.25, 0.3) is 11.8 Å². The molecule has 0 saturated heterocycles. The maximum absolute atomic E-state index is 13.3. The van der Waals surface area contributed by atoms with Gasteiger partial charge < -0.3 is 23.8 Å². The van der Waals surface area contributed by atoms with Crippen molar-refractivity contribution in [1.29, 1.82) is 0 Å². The smallest absolute Gasteiger partial charge is 0.277 e. The summed E-state index contributed by atoms with van der Waals surface area (Å²) >= 11 is 0. The number of hydrogen-bond acceptors (Lipinski definition) is 7. The van der Waals surface area contributed by atoms with E-state index in [2.05, 4.69) is 0 Å². The minimum absolute atomic E-state index is 0.0465. The maximum Gasteiger partial charge on any atom is 0.277 e. The Morgan fingerprint density at radius 1 is 0.871 bits per heavy atom. The fraction of sp³-hybridized carbons (Fsp3) is 0.565. The molecule has 0 saturated carbocycles. The van der Waals surface area contributed by atoms with Gasteiger partial charge in [-0.2, -0.15) is 0 Å². The van der Waals surface area contributed by atoms with Crippen LogP contribution >= 0.6 is 0 Å². The number of imide groups is 1. The molecule has 2 rings (SSSR count). The Balaban J connectivity index is 2.44. The average Bonchev–Trinajstić information content (AvgIpc) is 2.99. The molecule has 1 aromatic rings. The molecular formula is C23H34N2O6. The van der Waals surface area contributed by atoms with Gasteiger partial charge in [-0.1, -0.05) is 12.1 Å². The van der Waals surface area contributed by atoms with Crippen LogP contribution < -0.4 is 4.74 Å². The van der Waals surface area contributed by atoms with Crippen LogP contribution in [0, 0.1) is 0 Å². The van der Waals surface area contributed by atoms with E-state index < -0.39 is 0 Å². The van der Waals surface area contributed by atoms with Crippen LogP contribution in [0.25, 0.3) is 5.57 Å². The van der Waals surface area contributed by atoms with E-state index in [1.165, 1.54) is 4.90 Å². The van der Waals surface area contributed by atoms with E-state index in [1.807, 2.05) is 43.0 Å². The topological polar surface area (TPSA) is 77.5 Å². The zero-order chi connectivity index (χ0) is 22.8. The first-order chi connectivity index (χ1) is 14.9. The normalized spacial score (nSPS) is 14.2. The lowest BCUT2D eigenvalue weighted by molar-refractivity contribution is -0.137. The first-order valence-electron chi connectivity index (χ1n) is 10.5. The standard InChI is InChI=1S/C23H34N2O6/c1-17(2)31-19-9-7-18(8-10-19)20-21(24(12-15-29-4)13-16-30-5)23(27)25(22(20)26)11-6-14-28-3/h7-10,17H,6,11-16H2,1-5H3. The summed E-state index contributed by atoms with van der Waals surface area (Å²) in [5, 5.41) is 0. The Morgan fingerprint density at radius 2 is 1.45 bits per heavy atom. The van der Waals surface area contributed by atoms with Crippen molar-refractivity contribution in [3.63, 3.8) is 0 Å². The van der Waals surface area contributed by atoms with Gasteiger partial charge in [-0.25, -0.2) is 0 Å². The highest BCUT2D eigenvalue weighted by atomic mass is 16.5. The monoisotopic (exact) mass is 434 g/mol. The summed E-state index contributed by atoms with van der Waals surface area (Å²) in [7, 11) is 4.81. The van der Waals surface area contributed by atoms with Gasteiger partial charge in [0.1, 0.15) is 11.4 Å². The lowest BCUT2D eigenvalue weighted by Gasteiger charge is -2.25. The van der Waals surface area contributed by atoms with Gasteiger partial charge in [-0.15, -0.1) is 0 Å². The Morgan fingerprint density at radius 3 is 1.97 bits per heavy atom. The number of rotatable bonds is 14. The number of carbonyl (C=O) groups is 2. The van der Waals surface area contributed by atoms with Crippen LogP contribution in [0.4, 0.5) is 0 Å². The van der Waals surface area contributed by atoms with Crippen LogP contribution in [0.1, 0.15) is 25.8 Å². The number of benzene rings is 1. The molecule has 1 aliphatic rings. The zero-order valence-electron chi connectivity index (χ0n) is 19.2. The molecule has 8 nitrogen and oxygen atoms in total. The molecule has 2 amide bonds. The third-order valence-electron chi connectivity index (χ3n) is 4.84. The van der Waals surface area contributed by atoms with E-state index >= 15 is 0 Å². The van der Waals surface area contributed by atoms with Crippen LogP contribution in [-0.4, -0.2) is 88.5 Å². The number of carbonyl (C=O) groups excluding carboxylic acids is 2. The minimum atomic E-state index is -0.300. The van der Waals surface area contributed by atoms with Gasteiger partial charge in [-0.05, 0) is 38.0 Å². The van der Waals surface area contributed by atoms with Crippen LogP contribution in [-0.2, 0) is 23.8 Å². The van der Waals surface area contributed by atoms with Gasteiger partial charge in [0.15, 0.2) is 0 Å². The number of amides is 2. The van der Waals surface area contributed by atoms with Gasteiger partial charge in [-0.3, -0.25) is 14.5 Å². The molecule has 0 N–H and O–H groups in total. The summed E-state index contributed by atoms with van der Waals surface area (Å²) in [5.41, 5.74) is 1.46. The third kappa shape index (κ3) is 6.53. The fourth-order valence-corrected chi connectivity index (χ4v) is 3.40. The van der Waals surface area contributed by atoms with E-state index in [-0.39, 0.29) is 17.9 Å². The molecule has 31 heavy (non-hydrogen) atoms. The predicted molar refractivity (Wildman–Crippen MR) is 118 cm³/mol. The molecule has 0 bridgehead atoms. The van der Waals surface area contributed by atoms with E-state index in [0.717, 1.165) is 0 Å². The predicted octanol–water partition coefficient (Wildman–Crippen LogP) is 2.18. The molecule has 1 aliphatic heterocycles. The van der Waals surface area contributed by atoms with E-state index in [9.17, 15) is 9.59 Å². The summed E-state index contributed by atoms with van der Waals surface area (Å²) in [6, 6.07) is 7.28. The minimum Gasteiger partial charge on any atom is -0.491 e. The molecule has 8 heteroatoms. The molecule has 0 spiro atoms. The van der Waals surface area contributed by atoms with Crippen molar-refractivity contribution < 1.29 is 28.5 Å². The van der Waals surface area contributed by atoms with Gasteiger partial charge in [0, 0.05) is 47.6 Å². The lowest BCUT2D eigenvalue weighted by Crippen LogP contribution is -2.38. The first kappa shape index (κ1) is 24.8. The summed E-state index contributed by atoms with van der Waals surface area (Å²) in [6.07, 6.45) is 0.622. The molecule has 0 aliphatic carbocycles. The van der Waals surface area contributed by atoms with Crippen molar-refractivity contribution in [3.8, 4) is 5.75 Å². The van der Waals surface area contributed by atoms with Crippen LogP contribution in [0.5, 0.6) is 5.75 Å². The highest BCUT2D eigenvalue weighted by molar-refractivity contribution is 6.35. The Hall–Kier alpha value is -2.42. The highest BCUT2D eigenvalue weighted by Crippen LogP contribution is 2.32. The second-order valence-electron chi connectivity index (χ2n) is 7.50. The first-order valence-corrected chi connectivity index (χ1v) is 10.5. The molecule has 1 heterocycles. The number of hydrogen-bond donors (Lipinski definition) is 0. The zero-order valence-corrected chi connectivity index (χ0v) is 19.2. The van der Waals surface area contributed by atoms with E-state index in [1.54, 1.807) is 21.3 Å². The van der Waals surface area contributed by atoms with E-state index in [4.69, 9.17) is 18.9 Å². The number of methoxy groups -OCH3 is 3. The molecule has 0 atom stereocenters. The molecule has 1 aromatic carbocycles. The van der Waals surface area contributed by atoms with E-state index in [0.29, 0.717) is 68.5 Å². The van der Waals surface area contributed by atoms with Crippen LogP contribution in [0.2, 0.25) is 0 Å². The molecule has 0 unspecified atom stereocenters. The Labute approximate surface area is 184 Å². The summed E-state index contributed by atoms with van der Waals surface area (Å²) in [4.78, 5) is 29.8. The summed E-state index contributed by atoms with van der Waals surface area (Å²) in [5.74, 6) is 0.115. The van der Waals surface area contributed by atoms with Crippen molar-refractivity contribution in [1.82, 2.24) is 9.80 Å². The van der Waals surface area contributed by atoms with Gasteiger partial charge in [0.05, 0.1) is 24.9 Å². The lowest BCUT2D eigenvalue weighted by atomic mass is 10.0. The van der Waals surface area contributed by atoms with Crippen molar-refractivity contribution in [2.45, 2.75) is 26.4 Å². The summed E-state index contributed by atoms with van der Waals surface area (Å²) in [6.45, 7) is 6.47.